The van der Waals surface area contributed by atoms with E-state index >= 15 is 0 Å². The van der Waals surface area contributed by atoms with Crippen molar-refractivity contribution >= 4 is 40.3 Å². The van der Waals surface area contributed by atoms with Gasteiger partial charge in [0.15, 0.2) is 5.11 Å². The number of thiocarbonyl (C=S) groups is 1. The number of pyridine rings is 1. The first-order chi connectivity index (χ1) is 18.5. The molecule has 0 aliphatic carbocycles. The van der Waals surface area contributed by atoms with Gasteiger partial charge in [0.25, 0.3) is 0 Å². The number of nitrogens with zero attached hydrogens (tertiary/aromatic N) is 4. The van der Waals surface area contributed by atoms with Gasteiger partial charge in [-0.2, -0.15) is 0 Å². The van der Waals surface area contributed by atoms with E-state index in [2.05, 4.69) is 76.0 Å². The molecule has 0 saturated carbocycles. The maximum Gasteiger partial charge on any atom is 0.174 e. The number of hydrogen-bond donors (Lipinski definition) is 1. The van der Waals surface area contributed by atoms with Crippen LogP contribution in [0.4, 0.5) is 11.4 Å². The number of halogens is 1. The zero-order valence-corrected chi connectivity index (χ0v) is 23.0. The highest BCUT2D eigenvalue weighted by Gasteiger charge is 2.42. The van der Waals surface area contributed by atoms with Gasteiger partial charge >= 0.3 is 0 Å². The van der Waals surface area contributed by atoms with Gasteiger partial charge in [-0.15, -0.1) is 0 Å². The third kappa shape index (κ3) is 4.55. The molecule has 1 N–H and O–H groups in total. The van der Waals surface area contributed by atoms with Gasteiger partial charge in [0.2, 0.25) is 0 Å². The number of benzene rings is 2. The summed E-state index contributed by atoms with van der Waals surface area (Å²) in [6.07, 6.45) is 1.84. The lowest BCUT2D eigenvalue weighted by molar-refractivity contribution is 0.122. The Balaban J connectivity index is 1.43. The molecule has 2 fully saturated rings. The Bertz CT molecular complexity index is 1450. The SMILES string of the molecule is Cc1cc(C2C(c3ccccn3)NC(=S)N2c2ccc(N3CCOCC3)cc2)c(C)n1-c1cccc(Cl)c1. The van der Waals surface area contributed by atoms with Crippen molar-refractivity contribution in [1.29, 1.82) is 0 Å². The van der Waals surface area contributed by atoms with E-state index in [1.807, 2.05) is 36.5 Å². The quantitative estimate of drug-likeness (QED) is 0.304. The topological polar surface area (TPSA) is 45.6 Å². The highest BCUT2D eigenvalue weighted by molar-refractivity contribution is 7.80. The fourth-order valence-corrected chi connectivity index (χ4v) is 6.22. The van der Waals surface area contributed by atoms with Crippen LogP contribution in [0.5, 0.6) is 0 Å². The number of ether oxygens (including phenoxy) is 1. The second-order valence-corrected chi connectivity index (χ2v) is 10.6. The molecule has 0 amide bonds. The number of anilines is 2. The summed E-state index contributed by atoms with van der Waals surface area (Å²) in [7, 11) is 0. The van der Waals surface area contributed by atoms with Crippen LogP contribution >= 0.6 is 23.8 Å². The zero-order chi connectivity index (χ0) is 26.2. The van der Waals surface area contributed by atoms with Crippen LogP contribution in [-0.4, -0.2) is 41.0 Å². The molecule has 2 unspecified atom stereocenters. The van der Waals surface area contributed by atoms with Crippen LogP contribution < -0.4 is 15.1 Å². The van der Waals surface area contributed by atoms with Crippen molar-refractivity contribution in [3.8, 4) is 5.69 Å². The van der Waals surface area contributed by atoms with Gasteiger partial charge < -0.3 is 24.4 Å². The molecule has 2 aromatic heterocycles. The second kappa shape index (κ2) is 10.4. The van der Waals surface area contributed by atoms with Crippen molar-refractivity contribution < 1.29 is 4.74 Å². The summed E-state index contributed by atoms with van der Waals surface area (Å²) in [4.78, 5) is 9.31. The summed E-state index contributed by atoms with van der Waals surface area (Å²) >= 11 is 12.3. The van der Waals surface area contributed by atoms with Crippen molar-refractivity contribution in [2.75, 3.05) is 36.1 Å². The highest BCUT2D eigenvalue weighted by atomic mass is 35.5. The molecular weight excluding hydrogens is 514 g/mol. The number of rotatable bonds is 5. The van der Waals surface area contributed by atoms with Crippen LogP contribution in [0, 0.1) is 13.8 Å². The average molecular weight is 544 g/mol. The molecule has 2 aliphatic heterocycles. The Labute approximate surface area is 233 Å². The Hall–Kier alpha value is -3.39. The van der Waals surface area contributed by atoms with Gasteiger partial charge in [-0.1, -0.05) is 23.7 Å². The molecule has 2 saturated heterocycles. The van der Waals surface area contributed by atoms with Crippen LogP contribution in [-0.2, 0) is 4.74 Å². The van der Waals surface area contributed by atoms with Crippen LogP contribution in [0.1, 0.15) is 34.7 Å². The summed E-state index contributed by atoms with van der Waals surface area (Å²) < 4.78 is 7.79. The molecule has 8 heteroatoms. The second-order valence-electron chi connectivity index (χ2n) is 9.75. The summed E-state index contributed by atoms with van der Waals surface area (Å²) in [6, 6.07) is 24.8. The van der Waals surface area contributed by atoms with Gasteiger partial charge in [0.1, 0.15) is 0 Å². The zero-order valence-electron chi connectivity index (χ0n) is 21.5. The standard InChI is InChI=1S/C30H30ClN5OS/c1-20-18-26(21(2)35(20)25-7-5-6-22(31)19-25)29-28(27-8-3-4-13-32-27)33-30(38)36(29)24-11-9-23(10-12-24)34-14-16-37-17-15-34/h3-13,18-19,28-29H,14-17H2,1-2H3,(H,33,38). The van der Waals surface area contributed by atoms with E-state index in [-0.39, 0.29) is 12.1 Å². The lowest BCUT2D eigenvalue weighted by atomic mass is 9.96. The molecule has 4 aromatic rings. The molecule has 6 nitrogen and oxygen atoms in total. The number of morpholine rings is 1. The molecule has 194 valence electrons. The molecular formula is C30H30ClN5OS. The number of aryl methyl sites for hydroxylation is 1. The van der Waals surface area contributed by atoms with Gasteiger partial charge in [-0.3, -0.25) is 4.98 Å². The minimum Gasteiger partial charge on any atom is -0.378 e. The fourth-order valence-electron chi connectivity index (χ4n) is 5.69. The molecule has 4 heterocycles. The van der Waals surface area contributed by atoms with Crippen molar-refractivity contribution in [2.24, 2.45) is 0 Å². The van der Waals surface area contributed by atoms with E-state index in [1.54, 1.807) is 0 Å². The van der Waals surface area contributed by atoms with Gasteiger partial charge in [-0.25, -0.2) is 0 Å². The fraction of sp³-hybridized carbons (Fsp3) is 0.267. The summed E-state index contributed by atoms with van der Waals surface area (Å²) in [5.41, 5.74) is 7.74. The first-order valence-electron chi connectivity index (χ1n) is 12.9. The normalized spacial score (nSPS) is 19.6. The van der Waals surface area contributed by atoms with Crippen LogP contribution in [0.3, 0.4) is 0 Å². The van der Waals surface area contributed by atoms with Crippen molar-refractivity contribution in [1.82, 2.24) is 14.9 Å². The Morgan fingerprint density at radius 3 is 2.39 bits per heavy atom. The molecule has 0 spiro atoms. The van der Waals surface area contributed by atoms with Crippen LogP contribution in [0.15, 0.2) is 79.0 Å². The van der Waals surface area contributed by atoms with E-state index in [4.69, 9.17) is 33.5 Å². The van der Waals surface area contributed by atoms with Gasteiger partial charge in [0.05, 0.1) is 31.0 Å². The largest absolute Gasteiger partial charge is 0.378 e. The van der Waals surface area contributed by atoms with Gasteiger partial charge in [-0.05, 0) is 92.3 Å². The molecule has 2 atom stereocenters. The summed E-state index contributed by atoms with van der Waals surface area (Å²) in [6.45, 7) is 7.64. The molecule has 6 rings (SSSR count). The third-order valence-corrected chi connectivity index (χ3v) is 8.01. The highest BCUT2D eigenvalue weighted by Crippen LogP contribution is 2.44. The first-order valence-corrected chi connectivity index (χ1v) is 13.7. The Morgan fingerprint density at radius 2 is 1.68 bits per heavy atom. The average Bonchev–Trinajstić information content (AvgIpc) is 3.44. The monoisotopic (exact) mass is 543 g/mol. The predicted octanol–water partition coefficient (Wildman–Crippen LogP) is 6.16. The minimum atomic E-state index is -0.101. The smallest absolute Gasteiger partial charge is 0.174 e. The predicted molar refractivity (Wildman–Crippen MR) is 158 cm³/mol. The lowest BCUT2D eigenvalue weighted by Crippen LogP contribution is -2.36. The lowest BCUT2D eigenvalue weighted by Gasteiger charge is -2.31. The minimum absolute atomic E-state index is 0.0780. The molecule has 0 bridgehead atoms. The molecule has 2 aliphatic rings. The van der Waals surface area contributed by atoms with E-state index in [0.29, 0.717) is 10.1 Å². The van der Waals surface area contributed by atoms with E-state index < -0.39 is 0 Å². The van der Waals surface area contributed by atoms with Crippen LogP contribution in [0.25, 0.3) is 5.69 Å². The number of aromatic nitrogens is 2. The molecule has 2 aromatic carbocycles. The maximum absolute atomic E-state index is 6.36. The molecule has 0 radical (unpaired) electrons. The Kier molecular flexibility index (Phi) is 6.82. The molecule has 38 heavy (non-hydrogen) atoms. The van der Waals surface area contributed by atoms with Crippen LogP contribution in [0.2, 0.25) is 5.02 Å². The first kappa shape index (κ1) is 24.9. The van der Waals surface area contributed by atoms with Crippen molar-refractivity contribution in [3.63, 3.8) is 0 Å². The van der Waals surface area contributed by atoms with E-state index in [9.17, 15) is 0 Å². The Morgan fingerprint density at radius 1 is 0.921 bits per heavy atom. The van der Waals surface area contributed by atoms with E-state index in [1.165, 1.54) is 11.3 Å². The van der Waals surface area contributed by atoms with E-state index in [0.717, 1.165) is 54.8 Å². The number of nitrogens with one attached hydrogen (secondary N) is 1. The summed E-state index contributed by atoms with van der Waals surface area (Å²) in [5.74, 6) is 0. The number of hydrogen-bond acceptors (Lipinski definition) is 4. The summed E-state index contributed by atoms with van der Waals surface area (Å²) in [5, 5.41) is 5.00. The third-order valence-electron chi connectivity index (χ3n) is 7.46. The van der Waals surface area contributed by atoms with Crippen molar-refractivity contribution in [2.45, 2.75) is 25.9 Å². The van der Waals surface area contributed by atoms with Gasteiger partial charge in [0, 0.05) is 52.8 Å². The maximum atomic E-state index is 6.36. The van der Waals surface area contributed by atoms with Crippen molar-refractivity contribution in [3.05, 3.63) is 107 Å².